The third-order valence-corrected chi connectivity index (χ3v) is 4.36. The molecule has 0 fully saturated rings. The van der Waals surface area contributed by atoms with E-state index in [1.165, 1.54) is 6.92 Å². The number of sulfonamides is 1. The van der Waals surface area contributed by atoms with Crippen LogP contribution in [0.5, 0.6) is 11.5 Å². The molecule has 0 bridgehead atoms. The van der Waals surface area contributed by atoms with Crippen LogP contribution < -0.4 is 19.5 Å². The van der Waals surface area contributed by atoms with Crippen molar-refractivity contribution in [2.45, 2.75) is 13.3 Å². The molecule has 1 aromatic carbocycles. The molecule has 7 nitrogen and oxygen atoms in total. The van der Waals surface area contributed by atoms with Gasteiger partial charge in [0.2, 0.25) is 15.9 Å². The topological polar surface area (TPSA) is 93.7 Å². The van der Waals surface area contributed by atoms with Crippen LogP contribution in [0.1, 0.15) is 12.5 Å². The molecule has 0 saturated heterocycles. The maximum atomic E-state index is 11.5. The molecule has 8 heteroatoms. The Balaban J connectivity index is 2.42. The Hall–Kier alpha value is -1.80. The minimum Gasteiger partial charge on any atom is -0.493 e. The minimum absolute atomic E-state index is 0.0497. The first kappa shape index (κ1) is 18.2. The first-order valence-electron chi connectivity index (χ1n) is 6.86. The maximum absolute atomic E-state index is 11.5. The third kappa shape index (κ3) is 5.90. The number of ether oxygens (including phenoxy) is 2. The third-order valence-electron chi connectivity index (χ3n) is 3.02. The quantitative estimate of drug-likeness (QED) is 0.679. The molecule has 0 saturated carbocycles. The highest BCUT2D eigenvalue weighted by Gasteiger charge is 2.09. The summed E-state index contributed by atoms with van der Waals surface area (Å²) in [5.74, 6) is 0.857. The maximum Gasteiger partial charge on any atom is 0.235 e. The Morgan fingerprint density at radius 1 is 1.18 bits per heavy atom. The van der Waals surface area contributed by atoms with E-state index in [1.54, 1.807) is 20.3 Å². The van der Waals surface area contributed by atoms with Gasteiger partial charge in [-0.05, 0) is 31.0 Å². The van der Waals surface area contributed by atoms with Gasteiger partial charge in [0, 0.05) is 6.54 Å². The number of hydrogen-bond acceptors (Lipinski definition) is 5. The van der Waals surface area contributed by atoms with E-state index < -0.39 is 10.0 Å². The molecule has 2 N–H and O–H groups in total. The first-order chi connectivity index (χ1) is 10.4. The monoisotopic (exact) mass is 330 g/mol. The second-order valence-electron chi connectivity index (χ2n) is 4.51. The van der Waals surface area contributed by atoms with Gasteiger partial charge in [-0.1, -0.05) is 6.07 Å². The van der Waals surface area contributed by atoms with Crippen molar-refractivity contribution in [1.29, 1.82) is 0 Å². The number of nitrogens with one attached hydrogen (secondary N) is 2. The zero-order chi connectivity index (χ0) is 16.6. The summed E-state index contributed by atoms with van der Waals surface area (Å²) in [4.78, 5) is 11.5. The Morgan fingerprint density at radius 3 is 2.45 bits per heavy atom. The van der Waals surface area contributed by atoms with Gasteiger partial charge >= 0.3 is 0 Å². The molecule has 0 aliphatic heterocycles. The van der Waals surface area contributed by atoms with Crippen LogP contribution in [0, 0.1) is 0 Å². The average Bonchev–Trinajstić information content (AvgIpc) is 2.52. The summed E-state index contributed by atoms with van der Waals surface area (Å²) in [5.41, 5.74) is 0.979. The van der Waals surface area contributed by atoms with Crippen molar-refractivity contribution in [2.75, 3.05) is 33.1 Å². The van der Waals surface area contributed by atoms with Crippen LogP contribution >= 0.6 is 0 Å². The molecule has 0 unspecified atom stereocenters. The highest BCUT2D eigenvalue weighted by molar-refractivity contribution is 7.89. The van der Waals surface area contributed by atoms with Gasteiger partial charge in [-0.3, -0.25) is 4.79 Å². The van der Waals surface area contributed by atoms with Crippen molar-refractivity contribution in [3.05, 3.63) is 23.8 Å². The summed E-state index contributed by atoms with van der Waals surface area (Å²) in [7, 11) is -0.226. The average molecular weight is 330 g/mol. The van der Waals surface area contributed by atoms with E-state index in [0.717, 1.165) is 5.56 Å². The molecular formula is C14H22N2O5S. The highest BCUT2D eigenvalue weighted by atomic mass is 32.2. The highest BCUT2D eigenvalue weighted by Crippen LogP contribution is 2.27. The van der Waals surface area contributed by atoms with Crippen molar-refractivity contribution in [2.24, 2.45) is 0 Å². The Bertz CT molecular complexity index is 601. The van der Waals surface area contributed by atoms with E-state index >= 15 is 0 Å². The van der Waals surface area contributed by atoms with Gasteiger partial charge < -0.3 is 14.8 Å². The standard InChI is InChI=1S/C14H22N2O5S/c1-4-22(18,19)16-10-14(17)15-8-7-11-5-6-12(20-2)13(9-11)21-3/h5-6,9,16H,4,7-8,10H2,1-3H3,(H,15,17). The van der Waals surface area contributed by atoms with E-state index in [4.69, 9.17) is 9.47 Å². The second kappa shape index (κ2) is 8.60. The molecule has 1 aromatic rings. The van der Waals surface area contributed by atoms with E-state index in [1.807, 2.05) is 12.1 Å². The molecule has 0 radical (unpaired) electrons. The number of carbonyl (C=O) groups excluding carboxylic acids is 1. The summed E-state index contributed by atoms with van der Waals surface area (Å²) < 4.78 is 35.0. The van der Waals surface area contributed by atoms with Crippen molar-refractivity contribution < 1.29 is 22.7 Å². The smallest absolute Gasteiger partial charge is 0.235 e. The van der Waals surface area contributed by atoms with Crippen molar-refractivity contribution in [3.8, 4) is 11.5 Å². The van der Waals surface area contributed by atoms with Crippen LogP contribution in [-0.4, -0.2) is 47.4 Å². The lowest BCUT2D eigenvalue weighted by Crippen LogP contribution is -2.38. The number of rotatable bonds is 9. The van der Waals surface area contributed by atoms with Gasteiger partial charge in [0.25, 0.3) is 0 Å². The largest absolute Gasteiger partial charge is 0.493 e. The van der Waals surface area contributed by atoms with Crippen LogP contribution in [0.3, 0.4) is 0 Å². The molecule has 124 valence electrons. The normalized spacial score (nSPS) is 11.0. The lowest BCUT2D eigenvalue weighted by atomic mass is 10.1. The van der Waals surface area contributed by atoms with E-state index in [2.05, 4.69) is 10.0 Å². The fourth-order valence-electron chi connectivity index (χ4n) is 1.72. The van der Waals surface area contributed by atoms with Crippen LogP contribution in [0.25, 0.3) is 0 Å². The molecule has 1 rings (SSSR count). The Kier molecular flexibility index (Phi) is 7.13. The van der Waals surface area contributed by atoms with Crippen LogP contribution in [-0.2, 0) is 21.2 Å². The molecule has 22 heavy (non-hydrogen) atoms. The summed E-state index contributed by atoms with van der Waals surface area (Å²) in [6, 6.07) is 5.52. The number of benzene rings is 1. The predicted octanol–water partition coefficient (Wildman–Crippen LogP) is 0.302. The van der Waals surface area contributed by atoms with Crippen LogP contribution in [0.2, 0.25) is 0 Å². The summed E-state index contributed by atoms with van der Waals surface area (Å²) in [5, 5.41) is 2.66. The first-order valence-corrected chi connectivity index (χ1v) is 8.52. The van der Waals surface area contributed by atoms with Gasteiger partial charge in [0.05, 0.1) is 26.5 Å². The minimum atomic E-state index is -3.35. The molecular weight excluding hydrogens is 308 g/mol. The fourth-order valence-corrected chi connectivity index (χ4v) is 2.28. The summed E-state index contributed by atoms with van der Waals surface area (Å²) in [6.07, 6.45) is 0.604. The number of methoxy groups -OCH3 is 2. The van der Waals surface area contributed by atoms with Gasteiger partial charge in [0.1, 0.15) is 0 Å². The van der Waals surface area contributed by atoms with Crippen LogP contribution in [0.4, 0.5) is 0 Å². The molecule has 1 amide bonds. The molecule has 0 aliphatic carbocycles. The number of hydrogen-bond donors (Lipinski definition) is 2. The fraction of sp³-hybridized carbons (Fsp3) is 0.500. The van der Waals surface area contributed by atoms with Gasteiger partial charge in [-0.25, -0.2) is 13.1 Å². The zero-order valence-corrected chi connectivity index (χ0v) is 13.8. The van der Waals surface area contributed by atoms with E-state index in [-0.39, 0.29) is 18.2 Å². The number of carbonyl (C=O) groups is 1. The van der Waals surface area contributed by atoms with Crippen molar-refractivity contribution >= 4 is 15.9 Å². The second-order valence-corrected chi connectivity index (χ2v) is 6.61. The van der Waals surface area contributed by atoms with Gasteiger partial charge in [0.15, 0.2) is 11.5 Å². The van der Waals surface area contributed by atoms with Crippen LogP contribution in [0.15, 0.2) is 18.2 Å². The Labute approximate surface area is 131 Å². The van der Waals surface area contributed by atoms with Crippen molar-refractivity contribution in [1.82, 2.24) is 10.0 Å². The molecule has 0 aliphatic rings. The predicted molar refractivity (Wildman–Crippen MR) is 83.7 cm³/mol. The molecule has 0 heterocycles. The number of amides is 1. The van der Waals surface area contributed by atoms with Gasteiger partial charge in [-0.15, -0.1) is 0 Å². The molecule has 0 aromatic heterocycles. The van der Waals surface area contributed by atoms with Crippen molar-refractivity contribution in [3.63, 3.8) is 0 Å². The molecule has 0 atom stereocenters. The van der Waals surface area contributed by atoms with E-state index in [0.29, 0.717) is 24.5 Å². The lowest BCUT2D eigenvalue weighted by molar-refractivity contribution is -0.119. The summed E-state index contributed by atoms with van der Waals surface area (Å²) >= 11 is 0. The summed E-state index contributed by atoms with van der Waals surface area (Å²) in [6.45, 7) is 1.67. The van der Waals surface area contributed by atoms with Gasteiger partial charge in [-0.2, -0.15) is 0 Å². The lowest BCUT2D eigenvalue weighted by Gasteiger charge is -2.10. The SMILES string of the molecule is CCS(=O)(=O)NCC(=O)NCCc1ccc(OC)c(OC)c1. The Morgan fingerprint density at radius 2 is 1.86 bits per heavy atom. The van der Waals surface area contributed by atoms with E-state index in [9.17, 15) is 13.2 Å². The molecule has 0 spiro atoms. The zero-order valence-electron chi connectivity index (χ0n) is 13.0.